The van der Waals surface area contributed by atoms with Gasteiger partial charge in [0.1, 0.15) is 12.4 Å². The molecule has 104 valence electrons. The van der Waals surface area contributed by atoms with E-state index in [9.17, 15) is 4.39 Å². The fraction of sp³-hybridized carbons (Fsp3) is 0.500. The van der Waals surface area contributed by atoms with Gasteiger partial charge in [-0.3, -0.25) is 10.3 Å². The molecule has 1 fully saturated rings. The van der Waals surface area contributed by atoms with Crippen LogP contribution in [0.15, 0.2) is 18.2 Å². The average molecular weight is 265 g/mol. The molecule has 3 N–H and O–H groups in total. The highest BCUT2D eigenvalue weighted by Crippen LogP contribution is 2.18. The molecule has 0 bridgehead atoms. The zero-order chi connectivity index (χ0) is 13.7. The van der Waals surface area contributed by atoms with Crippen LogP contribution in [0.3, 0.4) is 0 Å². The molecule has 5 heteroatoms. The summed E-state index contributed by atoms with van der Waals surface area (Å²) in [6.45, 7) is 3.52. The van der Waals surface area contributed by atoms with Crippen LogP contribution in [0, 0.1) is 11.2 Å². The first-order chi connectivity index (χ1) is 9.16. The second kappa shape index (κ2) is 6.52. The normalized spacial score (nSPS) is 16.3. The summed E-state index contributed by atoms with van der Waals surface area (Å²) in [5.74, 6) is -0.382. The smallest absolute Gasteiger partial charge is 0.165 e. The van der Waals surface area contributed by atoms with Gasteiger partial charge in [-0.2, -0.15) is 0 Å². The summed E-state index contributed by atoms with van der Waals surface area (Å²) in [7, 11) is 0. The van der Waals surface area contributed by atoms with Gasteiger partial charge in [0.25, 0.3) is 0 Å². The van der Waals surface area contributed by atoms with E-state index in [2.05, 4.69) is 4.90 Å². The number of benzene rings is 1. The monoisotopic (exact) mass is 265 g/mol. The summed E-state index contributed by atoms with van der Waals surface area (Å²) >= 11 is 0. The number of nitrogens with two attached hydrogens (primary N) is 1. The van der Waals surface area contributed by atoms with Crippen molar-refractivity contribution >= 4 is 5.84 Å². The second-order valence-electron chi connectivity index (χ2n) is 4.81. The van der Waals surface area contributed by atoms with E-state index in [0.717, 1.165) is 19.6 Å². The lowest BCUT2D eigenvalue weighted by Crippen LogP contribution is -2.33. The van der Waals surface area contributed by atoms with Gasteiger partial charge in [-0.05, 0) is 44.1 Å². The minimum atomic E-state index is -0.466. The third kappa shape index (κ3) is 3.92. The van der Waals surface area contributed by atoms with Crippen molar-refractivity contribution in [1.82, 2.24) is 4.90 Å². The van der Waals surface area contributed by atoms with Gasteiger partial charge >= 0.3 is 0 Å². The molecule has 0 unspecified atom stereocenters. The third-order valence-electron chi connectivity index (χ3n) is 3.36. The van der Waals surface area contributed by atoms with E-state index in [1.54, 1.807) is 6.07 Å². The number of hydrogen-bond donors (Lipinski definition) is 2. The molecule has 1 aromatic rings. The molecule has 1 aliphatic rings. The van der Waals surface area contributed by atoms with Crippen LogP contribution in [0.5, 0.6) is 5.75 Å². The third-order valence-corrected chi connectivity index (χ3v) is 3.36. The molecule has 0 radical (unpaired) electrons. The van der Waals surface area contributed by atoms with Crippen LogP contribution in [-0.2, 0) is 0 Å². The Morgan fingerprint density at radius 3 is 2.68 bits per heavy atom. The van der Waals surface area contributed by atoms with Crippen molar-refractivity contribution in [3.8, 4) is 5.75 Å². The number of nitrogens with zero attached hydrogens (tertiary/aromatic N) is 1. The maximum Gasteiger partial charge on any atom is 0.165 e. The summed E-state index contributed by atoms with van der Waals surface area (Å²) in [4.78, 5) is 2.34. The Balaban J connectivity index is 1.83. The van der Waals surface area contributed by atoms with Crippen LogP contribution >= 0.6 is 0 Å². The highest BCUT2D eigenvalue weighted by atomic mass is 19.1. The van der Waals surface area contributed by atoms with Crippen LogP contribution in [-0.4, -0.2) is 37.0 Å². The lowest BCUT2D eigenvalue weighted by Gasteiger charge is -2.26. The molecule has 4 nitrogen and oxygen atoms in total. The number of nitrogens with one attached hydrogen (secondary N) is 1. The number of amidine groups is 1. The Morgan fingerprint density at radius 1 is 1.32 bits per heavy atom. The zero-order valence-corrected chi connectivity index (χ0v) is 11.0. The molecule has 1 aliphatic heterocycles. The van der Waals surface area contributed by atoms with Gasteiger partial charge in [-0.25, -0.2) is 4.39 Å². The molecule has 0 aromatic heterocycles. The summed E-state index contributed by atoms with van der Waals surface area (Å²) < 4.78 is 19.1. The number of ether oxygens (including phenoxy) is 1. The maximum atomic E-state index is 13.7. The van der Waals surface area contributed by atoms with E-state index < -0.39 is 5.82 Å². The molecule has 1 saturated heterocycles. The van der Waals surface area contributed by atoms with Crippen LogP contribution in [0.4, 0.5) is 4.39 Å². The Kier molecular flexibility index (Phi) is 4.74. The quantitative estimate of drug-likeness (QED) is 0.632. The van der Waals surface area contributed by atoms with Crippen molar-refractivity contribution in [2.24, 2.45) is 5.73 Å². The lowest BCUT2D eigenvalue weighted by molar-refractivity contribution is 0.180. The zero-order valence-electron chi connectivity index (χ0n) is 11.0. The topological polar surface area (TPSA) is 62.3 Å². The Morgan fingerprint density at radius 2 is 2.05 bits per heavy atom. The van der Waals surface area contributed by atoms with E-state index in [-0.39, 0.29) is 11.6 Å². The standard InChI is InChI=1S/C14H20FN3O/c15-12-10-11(14(16)17)4-5-13(12)19-9-8-18-6-2-1-3-7-18/h4-5,10H,1-3,6-9H2,(H3,16,17). The van der Waals surface area contributed by atoms with Gasteiger partial charge in [-0.1, -0.05) is 6.42 Å². The Hall–Kier alpha value is -1.62. The molecular formula is C14H20FN3O. The minimum Gasteiger partial charge on any atom is -0.489 e. The van der Waals surface area contributed by atoms with Gasteiger partial charge in [0.2, 0.25) is 0 Å². The molecule has 19 heavy (non-hydrogen) atoms. The van der Waals surface area contributed by atoms with E-state index in [1.807, 2.05) is 0 Å². The average Bonchev–Trinajstić information content (AvgIpc) is 2.41. The number of nitrogen functional groups attached to an aromatic ring is 1. The molecule has 2 rings (SSSR count). The molecule has 0 spiro atoms. The van der Waals surface area contributed by atoms with Crippen LogP contribution in [0.1, 0.15) is 24.8 Å². The maximum absolute atomic E-state index is 13.7. The van der Waals surface area contributed by atoms with Gasteiger partial charge < -0.3 is 10.5 Å². The van der Waals surface area contributed by atoms with Gasteiger partial charge in [0.15, 0.2) is 11.6 Å². The van der Waals surface area contributed by atoms with Crippen LogP contribution < -0.4 is 10.5 Å². The van der Waals surface area contributed by atoms with Crippen molar-refractivity contribution in [1.29, 1.82) is 5.41 Å². The first-order valence-electron chi connectivity index (χ1n) is 6.66. The van der Waals surface area contributed by atoms with Crippen molar-refractivity contribution in [3.05, 3.63) is 29.6 Å². The predicted molar refractivity (Wildman–Crippen MR) is 73.2 cm³/mol. The largest absolute Gasteiger partial charge is 0.489 e. The Bertz CT molecular complexity index is 444. The summed E-state index contributed by atoms with van der Waals surface area (Å²) in [6.07, 6.45) is 3.78. The summed E-state index contributed by atoms with van der Waals surface area (Å²) in [6, 6.07) is 4.36. The van der Waals surface area contributed by atoms with Crippen molar-refractivity contribution < 1.29 is 9.13 Å². The number of likely N-dealkylation sites (tertiary alicyclic amines) is 1. The minimum absolute atomic E-state index is 0.140. The van der Waals surface area contributed by atoms with E-state index in [0.29, 0.717) is 12.2 Å². The van der Waals surface area contributed by atoms with Crippen LogP contribution in [0.25, 0.3) is 0 Å². The molecule has 0 atom stereocenters. The van der Waals surface area contributed by atoms with Gasteiger partial charge in [0, 0.05) is 12.1 Å². The highest BCUT2D eigenvalue weighted by Gasteiger charge is 2.11. The second-order valence-corrected chi connectivity index (χ2v) is 4.81. The molecule has 0 aliphatic carbocycles. The number of rotatable bonds is 5. The Labute approximate surface area is 112 Å². The molecule has 0 amide bonds. The summed E-state index contributed by atoms with van der Waals surface area (Å²) in [5, 5.41) is 7.24. The van der Waals surface area contributed by atoms with Crippen molar-refractivity contribution in [3.63, 3.8) is 0 Å². The number of halogens is 1. The van der Waals surface area contributed by atoms with Crippen LogP contribution in [0.2, 0.25) is 0 Å². The van der Waals surface area contributed by atoms with E-state index >= 15 is 0 Å². The fourth-order valence-electron chi connectivity index (χ4n) is 2.25. The first-order valence-corrected chi connectivity index (χ1v) is 6.66. The van der Waals surface area contributed by atoms with Gasteiger partial charge in [-0.15, -0.1) is 0 Å². The van der Waals surface area contributed by atoms with Crippen molar-refractivity contribution in [2.45, 2.75) is 19.3 Å². The molecule has 0 saturated carbocycles. The van der Waals surface area contributed by atoms with Gasteiger partial charge in [0.05, 0.1) is 0 Å². The van der Waals surface area contributed by atoms with Crippen molar-refractivity contribution in [2.75, 3.05) is 26.2 Å². The first kappa shape index (κ1) is 13.8. The predicted octanol–water partition coefficient (Wildman–Crippen LogP) is 1.97. The highest BCUT2D eigenvalue weighted by molar-refractivity contribution is 5.95. The number of piperidine rings is 1. The SMILES string of the molecule is N=C(N)c1ccc(OCCN2CCCCC2)c(F)c1. The van der Waals surface area contributed by atoms with E-state index in [4.69, 9.17) is 15.9 Å². The molecular weight excluding hydrogens is 245 g/mol. The lowest BCUT2D eigenvalue weighted by atomic mass is 10.1. The molecule has 1 heterocycles. The van der Waals surface area contributed by atoms with E-state index in [1.165, 1.54) is 31.4 Å². The molecule has 1 aromatic carbocycles. The fourth-order valence-corrected chi connectivity index (χ4v) is 2.25. The number of hydrogen-bond acceptors (Lipinski definition) is 3. The summed E-state index contributed by atoms with van der Waals surface area (Å²) in [5.41, 5.74) is 5.68.